The van der Waals surface area contributed by atoms with Crippen LogP contribution in [0.5, 0.6) is 5.75 Å². The summed E-state index contributed by atoms with van der Waals surface area (Å²) in [6.45, 7) is 9.33. The summed E-state index contributed by atoms with van der Waals surface area (Å²) in [5.74, 6) is -2.38. The number of benzene rings is 1. The van der Waals surface area contributed by atoms with Crippen LogP contribution in [0.3, 0.4) is 0 Å². The van der Waals surface area contributed by atoms with E-state index in [0.29, 0.717) is 30.7 Å². The quantitative estimate of drug-likeness (QED) is 0.173. The molecule has 1 aromatic rings. The summed E-state index contributed by atoms with van der Waals surface area (Å²) >= 11 is 3.65. The van der Waals surface area contributed by atoms with Crippen LogP contribution in [0.4, 0.5) is 5.69 Å². The van der Waals surface area contributed by atoms with Gasteiger partial charge in [0.2, 0.25) is 5.91 Å². The van der Waals surface area contributed by atoms with Gasteiger partial charge in [0.15, 0.2) is 0 Å². The number of likely N-dealkylation sites (tertiary alicyclic amines) is 1. The van der Waals surface area contributed by atoms with Crippen molar-refractivity contribution in [3.05, 3.63) is 49.6 Å². The second kappa shape index (κ2) is 11.6. The van der Waals surface area contributed by atoms with E-state index in [2.05, 4.69) is 29.1 Å². The number of hydrogen-bond donors (Lipinski definition) is 1. The third-order valence-corrected chi connectivity index (χ3v) is 8.68. The highest BCUT2D eigenvalue weighted by atomic mass is 79.9. The maximum atomic E-state index is 14.5. The number of halogens is 1. The average molecular weight is 591 g/mol. The maximum absolute atomic E-state index is 14.5. The zero-order valence-corrected chi connectivity index (χ0v) is 23.3. The van der Waals surface area contributed by atoms with E-state index in [9.17, 15) is 19.5 Å². The van der Waals surface area contributed by atoms with Crippen LogP contribution < -0.4 is 9.64 Å². The molecule has 0 radical (unpaired) electrons. The van der Waals surface area contributed by atoms with Crippen molar-refractivity contribution in [2.45, 2.75) is 54.8 Å². The fourth-order valence-electron chi connectivity index (χ4n) is 6.12. The molecule has 3 unspecified atom stereocenters. The fraction of sp³-hybridized carbons (Fsp3) is 0.536. The second-order valence-corrected chi connectivity index (χ2v) is 11.0. The molecule has 38 heavy (non-hydrogen) atoms. The lowest BCUT2D eigenvalue weighted by molar-refractivity contribution is -0.155. The van der Waals surface area contributed by atoms with Gasteiger partial charge < -0.3 is 29.1 Å². The first-order valence-corrected chi connectivity index (χ1v) is 13.8. The van der Waals surface area contributed by atoms with Crippen LogP contribution in [0, 0.1) is 11.8 Å². The molecule has 3 saturated heterocycles. The molecule has 7 atom stereocenters. The van der Waals surface area contributed by atoms with E-state index in [1.54, 1.807) is 48.4 Å². The monoisotopic (exact) mass is 590 g/mol. The number of hydrogen-bond acceptors (Lipinski definition) is 7. The first-order chi connectivity index (χ1) is 18.3. The van der Waals surface area contributed by atoms with E-state index in [1.165, 1.54) is 4.90 Å². The Balaban J connectivity index is 1.78. The second-order valence-electron chi connectivity index (χ2n) is 9.83. The molecule has 0 saturated carbocycles. The Morgan fingerprint density at radius 2 is 2.03 bits per heavy atom. The molecule has 2 amide bonds. The van der Waals surface area contributed by atoms with Gasteiger partial charge in [-0.1, -0.05) is 35.0 Å². The van der Waals surface area contributed by atoms with Crippen molar-refractivity contribution in [2.75, 3.05) is 31.8 Å². The number of carbonyl (C=O) groups excluding carboxylic acids is 3. The van der Waals surface area contributed by atoms with Crippen LogP contribution >= 0.6 is 15.9 Å². The number of alkyl halides is 1. The Labute approximate surface area is 231 Å². The first-order valence-electron chi connectivity index (χ1n) is 12.9. The summed E-state index contributed by atoms with van der Waals surface area (Å²) in [5, 5.41) is 10.2. The Bertz CT molecular complexity index is 1080. The highest BCUT2D eigenvalue weighted by Crippen LogP contribution is 2.60. The predicted molar refractivity (Wildman–Crippen MR) is 145 cm³/mol. The molecular formula is C28H35BrN2O7. The van der Waals surface area contributed by atoms with E-state index in [0.717, 1.165) is 0 Å². The molecule has 1 aromatic carbocycles. The highest BCUT2D eigenvalue weighted by molar-refractivity contribution is 9.09. The fourth-order valence-corrected chi connectivity index (χ4v) is 7.07. The number of esters is 1. The standard InChI is InChI=1S/C28H35BrN2O7/c1-5-8-14-37-27(35)21-22-25(33)31(17(7-3)16-32)24(28(22)15-20(29)23(21)38-28)26(34)30(13-6-2)18-9-11-19(36-4)12-10-18/h5-6,9-12,17,20-24,32H,1-2,7-8,13-16H2,3-4H3/t17-,20?,21-,22-,23-,24?,28?/m0/s1. The van der Waals surface area contributed by atoms with Gasteiger partial charge in [0.1, 0.15) is 17.4 Å². The van der Waals surface area contributed by atoms with Crippen molar-refractivity contribution in [2.24, 2.45) is 11.8 Å². The lowest BCUT2D eigenvalue weighted by Gasteiger charge is -2.39. The third-order valence-electron chi connectivity index (χ3n) is 7.84. The molecule has 1 N–H and O–H groups in total. The van der Waals surface area contributed by atoms with Crippen LogP contribution in [0.25, 0.3) is 0 Å². The molecular weight excluding hydrogens is 556 g/mol. The molecule has 2 bridgehead atoms. The lowest BCUT2D eigenvalue weighted by Crippen LogP contribution is -2.59. The van der Waals surface area contributed by atoms with Crippen LogP contribution in [0.15, 0.2) is 49.6 Å². The van der Waals surface area contributed by atoms with Gasteiger partial charge in [-0.15, -0.1) is 13.2 Å². The summed E-state index contributed by atoms with van der Waals surface area (Å²) in [5.41, 5.74) is -0.646. The number of amides is 2. The largest absolute Gasteiger partial charge is 0.497 e. The van der Waals surface area contributed by atoms with E-state index in [-0.39, 0.29) is 36.4 Å². The molecule has 1 spiro atoms. The number of methoxy groups -OCH3 is 1. The van der Waals surface area contributed by atoms with Gasteiger partial charge in [-0.25, -0.2) is 0 Å². The zero-order chi connectivity index (χ0) is 27.6. The number of ether oxygens (including phenoxy) is 3. The molecule has 3 aliphatic rings. The lowest BCUT2D eigenvalue weighted by atomic mass is 9.70. The Morgan fingerprint density at radius 3 is 2.61 bits per heavy atom. The van der Waals surface area contributed by atoms with Gasteiger partial charge in [0.05, 0.1) is 44.3 Å². The molecule has 206 valence electrons. The van der Waals surface area contributed by atoms with Crippen LogP contribution in [0.2, 0.25) is 0 Å². The Kier molecular flexibility index (Phi) is 8.64. The van der Waals surface area contributed by atoms with Crippen molar-refractivity contribution >= 4 is 39.4 Å². The highest BCUT2D eigenvalue weighted by Gasteiger charge is 2.77. The third kappa shape index (κ3) is 4.56. The minimum absolute atomic E-state index is 0.150. The number of fused-ring (bicyclic) bond motifs is 1. The van der Waals surface area contributed by atoms with Gasteiger partial charge in [0, 0.05) is 17.1 Å². The molecule has 3 heterocycles. The van der Waals surface area contributed by atoms with Gasteiger partial charge >= 0.3 is 5.97 Å². The summed E-state index contributed by atoms with van der Waals surface area (Å²) in [6.07, 6.45) is 3.93. The van der Waals surface area contributed by atoms with Crippen molar-refractivity contribution < 1.29 is 33.7 Å². The predicted octanol–water partition coefficient (Wildman–Crippen LogP) is 2.85. The molecule has 3 fully saturated rings. The van der Waals surface area contributed by atoms with Gasteiger partial charge in [-0.05, 0) is 43.5 Å². The number of aliphatic hydroxyl groups is 1. The summed E-state index contributed by atoms with van der Waals surface area (Å²) < 4.78 is 17.3. The minimum atomic E-state index is -1.25. The number of anilines is 1. The molecule has 4 rings (SSSR count). The van der Waals surface area contributed by atoms with Crippen molar-refractivity contribution in [1.29, 1.82) is 0 Å². The van der Waals surface area contributed by atoms with E-state index < -0.39 is 41.6 Å². The van der Waals surface area contributed by atoms with E-state index in [1.807, 2.05) is 6.92 Å². The SMILES string of the molecule is C=CCCOC(=O)[C@H]1[C@H]2C(=O)N([C@@H](CC)CO)C(C(=O)N(CC=C)c3ccc(OC)cc3)C23CC(Br)[C@@H]1O3. The molecule has 0 aliphatic carbocycles. The molecule has 0 aromatic heterocycles. The minimum Gasteiger partial charge on any atom is -0.497 e. The summed E-state index contributed by atoms with van der Waals surface area (Å²) in [7, 11) is 1.56. The number of rotatable bonds is 12. The molecule has 3 aliphatic heterocycles. The maximum Gasteiger partial charge on any atom is 0.312 e. The van der Waals surface area contributed by atoms with Crippen LogP contribution in [0.1, 0.15) is 26.2 Å². The normalized spacial score (nSPS) is 30.1. The smallest absolute Gasteiger partial charge is 0.312 e. The van der Waals surface area contributed by atoms with Crippen molar-refractivity contribution in [1.82, 2.24) is 4.90 Å². The summed E-state index contributed by atoms with van der Waals surface area (Å²) in [6, 6.07) is 5.37. The molecule has 10 heteroatoms. The van der Waals surface area contributed by atoms with E-state index in [4.69, 9.17) is 14.2 Å². The molecule has 9 nitrogen and oxygen atoms in total. The van der Waals surface area contributed by atoms with Crippen molar-refractivity contribution in [3.8, 4) is 5.75 Å². The first kappa shape index (κ1) is 28.3. The van der Waals surface area contributed by atoms with Gasteiger partial charge in [-0.3, -0.25) is 14.4 Å². The number of nitrogens with zero attached hydrogens (tertiary/aromatic N) is 2. The van der Waals surface area contributed by atoms with Crippen molar-refractivity contribution in [3.63, 3.8) is 0 Å². The van der Waals surface area contributed by atoms with Crippen LogP contribution in [-0.2, 0) is 23.9 Å². The van der Waals surface area contributed by atoms with Gasteiger partial charge in [0.25, 0.3) is 5.91 Å². The Hall–Kier alpha value is -2.69. The summed E-state index contributed by atoms with van der Waals surface area (Å²) in [4.78, 5) is 44.5. The topological polar surface area (TPSA) is 106 Å². The van der Waals surface area contributed by atoms with E-state index >= 15 is 0 Å². The number of aliphatic hydroxyl groups excluding tert-OH is 1. The van der Waals surface area contributed by atoms with Crippen LogP contribution in [-0.4, -0.2) is 83.3 Å². The van der Waals surface area contributed by atoms with Gasteiger partial charge in [-0.2, -0.15) is 0 Å². The zero-order valence-electron chi connectivity index (χ0n) is 21.8. The average Bonchev–Trinajstić information content (AvgIpc) is 3.51. The number of carbonyl (C=O) groups is 3. The Morgan fingerprint density at radius 1 is 1.32 bits per heavy atom.